The summed E-state index contributed by atoms with van der Waals surface area (Å²) in [5, 5.41) is 25.3. The first kappa shape index (κ1) is 22.6. The quantitative estimate of drug-likeness (QED) is 0.192. The van der Waals surface area contributed by atoms with Crippen LogP contribution in [-0.4, -0.2) is 31.8 Å². The topological polar surface area (TPSA) is 88.4 Å². The molecule has 0 spiro atoms. The zero-order chi connectivity index (χ0) is 24.2. The average molecular weight is 466 g/mol. The van der Waals surface area contributed by atoms with Gasteiger partial charge in [-0.2, -0.15) is 9.97 Å². The van der Waals surface area contributed by atoms with Gasteiger partial charge in [0.2, 0.25) is 0 Å². The number of phenols is 2. The number of hydrogen-bond acceptors (Lipinski definition) is 6. The summed E-state index contributed by atoms with van der Waals surface area (Å²) in [7, 11) is 0. The Hall–Kier alpha value is -4.19. The van der Waals surface area contributed by atoms with Crippen LogP contribution in [0.1, 0.15) is 32.6 Å². The molecule has 0 unspecified atom stereocenters. The van der Waals surface area contributed by atoms with E-state index in [2.05, 4.69) is 46.1 Å². The molecule has 0 aliphatic carbocycles. The Morgan fingerprint density at radius 3 is 2.09 bits per heavy atom. The predicted octanol–water partition coefficient (Wildman–Crippen LogP) is 6.88. The van der Waals surface area contributed by atoms with E-state index in [1.807, 2.05) is 30.3 Å². The Morgan fingerprint density at radius 2 is 1.34 bits per heavy atom. The minimum absolute atomic E-state index is 0.110. The zero-order valence-corrected chi connectivity index (χ0v) is 19.6. The van der Waals surface area contributed by atoms with Gasteiger partial charge in [-0.15, -0.1) is 0 Å². The second-order valence-corrected chi connectivity index (χ2v) is 8.61. The highest BCUT2D eigenvalue weighted by molar-refractivity contribution is 5.99. The summed E-state index contributed by atoms with van der Waals surface area (Å²) in [4.78, 5) is 13.6. The molecule has 0 fully saturated rings. The first-order chi connectivity index (χ1) is 17.1. The molecule has 2 N–H and O–H groups in total. The van der Waals surface area contributed by atoms with Crippen LogP contribution in [0, 0.1) is 0 Å². The lowest BCUT2D eigenvalue weighted by Crippen LogP contribution is -2.05. The molecule has 0 amide bonds. The van der Waals surface area contributed by atoms with Gasteiger partial charge in [0.05, 0.1) is 6.61 Å². The van der Waals surface area contributed by atoms with Crippen LogP contribution in [0.3, 0.4) is 0 Å². The van der Waals surface area contributed by atoms with E-state index in [0.29, 0.717) is 12.4 Å². The van der Waals surface area contributed by atoms with Crippen molar-refractivity contribution in [2.75, 3.05) is 6.61 Å². The monoisotopic (exact) mass is 465 g/mol. The highest BCUT2D eigenvalue weighted by atomic mass is 16.5. The van der Waals surface area contributed by atoms with Crippen molar-refractivity contribution >= 4 is 21.5 Å². The van der Waals surface area contributed by atoms with Gasteiger partial charge >= 0.3 is 6.01 Å². The Kier molecular flexibility index (Phi) is 6.44. The van der Waals surface area contributed by atoms with E-state index in [0.717, 1.165) is 47.4 Å². The van der Waals surface area contributed by atoms with Crippen LogP contribution in [0.4, 0.5) is 0 Å². The molecule has 0 aliphatic rings. The summed E-state index contributed by atoms with van der Waals surface area (Å²) in [6.45, 7) is 2.65. The molecular weight excluding hydrogens is 438 g/mol. The number of aromatic nitrogens is 3. The Labute approximate surface area is 203 Å². The summed E-state index contributed by atoms with van der Waals surface area (Å²) in [6.07, 6.45) is 4.26. The smallest absolute Gasteiger partial charge is 0.320 e. The van der Waals surface area contributed by atoms with Gasteiger partial charge in [-0.3, -0.25) is 0 Å². The molecule has 6 heteroatoms. The van der Waals surface area contributed by atoms with E-state index in [-0.39, 0.29) is 28.9 Å². The molecule has 6 nitrogen and oxygen atoms in total. The van der Waals surface area contributed by atoms with Crippen LogP contribution in [0.2, 0.25) is 0 Å². The van der Waals surface area contributed by atoms with Gasteiger partial charge in [-0.25, -0.2) is 4.98 Å². The molecule has 4 aromatic carbocycles. The van der Waals surface area contributed by atoms with E-state index < -0.39 is 0 Å². The highest BCUT2D eigenvalue weighted by Gasteiger charge is 2.17. The molecule has 0 atom stereocenters. The molecule has 0 radical (unpaired) electrons. The third kappa shape index (κ3) is 4.87. The van der Waals surface area contributed by atoms with Crippen molar-refractivity contribution in [2.45, 2.75) is 32.6 Å². The van der Waals surface area contributed by atoms with E-state index in [1.54, 1.807) is 6.07 Å². The normalized spacial score (nSPS) is 11.2. The minimum Gasteiger partial charge on any atom is -0.507 e. The van der Waals surface area contributed by atoms with Crippen molar-refractivity contribution in [3.8, 4) is 40.3 Å². The van der Waals surface area contributed by atoms with Gasteiger partial charge in [-0.05, 0) is 58.3 Å². The van der Waals surface area contributed by atoms with E-state index in [1.165, 1.54) is 17.5 Å². The van der Waals surface area contributed by atoms with Crippen molar-refractivity contribution in [1.82, 2.24) is 15.0 Å². The number of rotatable bonds is 8. The minimum atomic E-state index is -0.110. The van der Waals surface area contributed by atoms with Crippen LogP contribution in [0.25, 0.3) is 44.3 Å². The number of nitrogens with zero attached hydrogens (tertiary/aromatic N) is 3. The van der Waals surface area contributed by atoms with Crippen molar-refractivity contribution < 1.29 is 14.9 Å². The molecule has 1 heterocycles. The van der Waals surface area contributed by atoms with Crippen LogP contribution in [-0.2, 0) is 0 Å². The standard InChI is InChI=1S/C29H27N3O3/c1-2-3-4-7-15-35-29-31-27(30-28(32-29)26-24(33)11-8-12-25(26)34)22-14-13-21-16-19-9-5-6-10-20(19)17-23(21)18-22/h5-6,8-14,16-18,33-34H,2-4,7,15H2,1H3. The molecule has 0 saturated heterocycles. The lowest BCUT2D eigenvalue weighted by atomic mass is 10.0. The van der Waals surface area contributed by atoms with E-state index >= 15 is 0 Å². The van der Waals surface area contributed by atoms with Crippen LogP contribution >= 0.6 is 0 Å². The predicted molar refractivity (Wildman–Crippen MR) is 139 cm³/mol. The third-order valence-corrected chi connectivity index (χ3v) is 6.05. The lowest BCUT2D eigenvalue weighted by Gasteiger charge is -2.11. The first-order valence-electron chi connectivity index (χ1n) is 12.0. The summed E-state index contributed by atoms with van der Waals surface area (Å²) in [5.41, 5.74) is 0.945. The van der Waals surface area contributed by atoms with Crippen LogP contribution in [0.5, 0.6) is 17.5 Å². The summed E-state index contributed by atoms with van der Waals surface area (Å²) < 4.78 is 5.88. The van der Waals surface area contributed by atoms with Crippen molar-refractivity contribution in [3.05, 3.63) is 72.8 Å². The molecule has 5 aromatic rings. The SMILES string of the molecule is CCCCCCOc1nc(-c2ccc3cc4ccccc4cc3c2)nc(-c2c(O)cccc2O)n1. The highest BCUT2D eigenvalue weighted by Crippen LogP contribution is 2.36. The molecular formula is C29H27N3O3. The Bertz CT molecular complexity index is 1480. The molecule has 176 valence electrons. The largest absolute Gasteiger partial charge is 0.507 e. The number of hydrogen-bond donors (Lipinski definition) is 2. The molecule has 0 aliphatic heterocycles. The molecule has 0 bridgehead atoms. The summed E-state index contributed by atoms with van der Waals surface area (Å²) in [5.74, 6) is 0.353. The summed E-state index contributed by atoms with van der Waals surface area (Å²) >= 11 is 0. The van der Waals surface area contributed by atoms with Crippen LogP contribution in [0.15, 0.2) is 72.8 Å². The van der Waals surface area contributed by atoms with E-state index in [4.69, 9.17) is 4.74 Å². The molecule has 0 saturated carbocycles. The number of benzene rings is 4. The molecule has 5 rings (SSSR count). The van der Waals surface area contributed by atoms with Crippen molar-refractivity contribution in [1.29, 1.82) is 0 Å². The molecule has 35 heavy (non-hydrogen) atoms. The number of phenolic OH excluding ortho intramolecular Hbond substituents is 2. The van der Waals surface area contributed by atoms with Gasteiger partial charge in [0.1, 0.15) is 17.1 Å². The summed E-state index contributed by atoms with van der Waals surface area (Å²) in [6, 6.07) is 23.3. The van der Waals surface area contributed by atoms with E-state index in [9.17, 15) is 10.2 Å². The third-order valence-electron chi connectivity index (χ3n) is 6.05. The van der Waals surface area contributed by atoms with Gasteiger partial charge in [0.25, 0.3) is 0 Å². The van der Waals surface area contributed by atoms with Gasteiger partial charge in [0, 0.05) is 5.56 Å². The average Bonchev–Trinajstić information content (AvgIpc) is 2.87. The maximum atomic E-state index is 10.4. The Balaban J connectivity index is 1.58. The number of aromatic hydroxyl groups is 2. The van der Waals surface area contributed by atoms with Crippen LogP contribution < -0.4 is 4.74 Å². The van der Waals surface area contributed by atoms with Gasteiger partial charge < -0.3 is 14.9 Å². The zero-order valence-electron chi connectivity index (χ0n) is 19.6. The fraction of sp³-hybridized carbons (Fsp3) is 0.207. The molecule has 1 aromatic heterocycles. The lowest BCUT2D eigenvalue weighted by molar-refractivity contribution is 0.281. The first-order valence-corrected chi connectivity index (χ1v) is 12.0. The number of fused-ring (bicyclic) bond motifs is 2. The van der Waals surface area contributed by atoms with Crippen molar-refractivity contribution in [2.24, 2.45) is 0 Å². The number of ether oxygens (including phenoxy) is 1. The van der Waals surface area contributed by atoms with Crippen molar-refractivity contribution in [3.63, 3.8) is 0 Å². The Morgan fingerprint density at radius 1 is 0.657 bits per heavy atom. The van der Waals surface area contributed by atoms with Gasteiger partial charge in [-0.1, -0.05) is 68.7 Å². The fourth-order valence-corrected chi connectivity index (χ4v) is 4.19. The maximum Gasteiger partial charge on any atom is 0.320 e. The fourth-order valence-electron chi connectivity index (χ4n) is 4.19. The maximum absolute atomic E-state index is 10.4. The second kappa shape index (κ2) is 9.97. The second-order valence-electron chi connectivity index (χ2n) is 8.61. The van der Waals surface area contributed by atoms with Gasteiger partial charge in [0.15, 0.2) is 11.6 Å². The number of unbranched alkanes of at least 4 members (excludes halogenated alkanes) is 3.